The van der Waals surface area contributed by atoms with E-state index in [2.05, 4.69) is 19.1 Å². The van der Waals surface area contributed by atoms with E-state index in [1.807, 2.05) is 0 Å². The smallest absolute Gasteiger partial charge is 0.231 e. The Morgan fingerprint density at radius 1 is 1.40 bits per heavy atom. The molecule has 2 aliphatic rings. The molecule has 2 heteroatoms. The van der Waals surface area contributed by atoms with E-state index in [1.165, 1.54) is 0 Å². The van der Waals surface area contributed by atoms with Crippen molar-refractivity contribution < 1.29 is 9.47 Å². The van der Waals surface area contributed by atoms with E-state index < -0.39 is 0 Å². The van der Waals surface area contributed by atoms with E-state index in [-0.39, 0.29) is 0 Å². The molecular weight excluding hydrogens is 128 g/mol. The van der Waals surface area contributed by atoms with Gasteiger partial charge in [-0.2, -0.15) is 0 Å². The van der Waals surface area contributed by atoms with Gasteiger partial charge in [-0.1, -0.05) is 6.92 Å². The van der Waals surface area contributed by atoms with Gasteiger partial charge in [0.1, 0.15) is 0 Å². The molecule has 1 aliphatic heterocycles. The summed E-state index contributed by atoms with van der Waals surface area (Å²) in [5.41, 5.74) is 0. The van der Waals surface area contributed by atoms with Gasteiger partial charge < -0.3 is 9.47 Å². The van der Waals surface area contributed by atoms with Crippen LogP contribution >= 0.6 is 0 Å². The zero-order valence-electron chi connectivity index (χ0n) is 5.96. The van der Waals surface area contributed by atoms with Crippen LogP contribution in [0.5, 0.6) is 0 Å². The molecule has 0 N–H and O–H groups in total. The van der Waals surface area contributed by atoms with E-state index in [4.69, 9.17) is 9.47 Å². The molecule has 10 heavy (non-hydrogen) atoms. The molecule has 0 aromatic heterocycles. The summed E-state index contributed by atoms with van der Waals surface area (Å²) in [5.74, 6) is 2.46. The van der Waals surface area contributed by atoms with Gasteiger partial charge >= 0.3 is 0 Å². The minimum Gasteiger partial charge on any atom is -0.454 e. The van der Waals surface area contributed by atoms with Crippen molar-refractivity contribution in [1.82, 2.24) is 0 Å². The largest absolute Gasteiger partial charge is 0.454 e. The van der Waals surface area contributed by atoms with Crippen LogP contribution in [0.3, 0.4) is 0 Å². The van der Waals surface area contributed by atoms with Crippen molar-refractivity contribution in [3.8, 4) is 0 Å². The Morgan fingerprint density at radius 3 is 3.10 bits per heavy atom. The average molecular weight is 138 g/mol. The van der Waals surface area contributed by atoms with Crippen molar-refractivity contribution in [2.45, 2.75) is 13.3 Å². The molecule has 54 valence electrons. The third-order valence-electron chi connectivity index (χ3n) is 1.78. The number of fused-ring (bicyclic) bond motifs is 1. The minimum atomic E-state index is 0.393. The quantitative estimate of drug-likeness (QED) is 0.508. The Balaban J connectivity index is 2.27. The lowest BCUT2D eigenvalue weighted by Gasteiger charge is -2.09. The normalized spacial score (nSPS) is 29.5. The second-order valence-electron chi connectivity index (χ2n) is 2.72. The Labute approximate surface area is 60.1 Å². The van der Waals surface area contributed by atoms with Crippen molar-refractivity contribution in [1.29, 1.82) is 0 Å². The predicted octanol–water partition coefficient (Wildman–Crippen LogP) is 1.80. The first-order valence-electron chi connectivity index (χ1n) is 3.54. The molecule has 1 saturated heterocycles. The van der Waals surface area contributed by atoms with Crippen molar-refractivity contribution in [2.75, 3.05) is 6.79 Å². The first-order chi connectivity index (χ1) is 4.86. The molecule has 0 saturated carbocycles. The van der Waals surface area contributed by atoms with Gasteiger partial charge in [-0.3, -0.25) is 0 Å². The van der Waals surface area contributed by atoms with E-state index in [9.17, 15) is 0 Å². The molecule has 2 rings (SSSR count). The number of hydrogen-bond acceptors (Lipinski definition) is 2. The van der Waals surface area contributed by atoms with Gasteiger partial charge in [-0.05, 0) is 24.5 Å². The molecular formula is C8H10O2. The molecule has 1 heterocycles. The molecule has 0 bridgehead atoms. The Hall–Kier alpha value is -0.920. The molecule has 1 aliphatic carbocycles. The van der Waals surface area contributed by atoms with E-state index in [0.29, 0.717) is 12.7 Å². The third-order valence-corrected chi connectivity index (χ3v) is 1.78. The lowest BCUT2D eigenvalue weighted by Crippen LogP contribution is -1.97. The highest BCUT2D eigenvalue weighted by molar-refractivity contribution is 5.26. The third kappa shape index (κ3) is 0.801. The van der Waals surface area contributed by atoms with Crippen molar-refractivity contribution in [3.63, 3.8) is 0 Å². The number of allylic oxidation sites excluding steroid dienone is 2. The van der Waals surface area contributed by atoms with E-state index in [0.717, 1.165) is 17.9 Å². The molecule has 1 unspecified atom stereocenters. The van der Waals surface area contributed by atoms with Crippen LogP contribution in [0.1, 0.15) is 13.3 Å². The average Bonchev–Trinajstić information content (AvgIpc) is 2.33. The second-order valence-corrected chi connectivity index (χ2v) is 2.72. The lowest BCUT2D eigenvalue weighted by atomic mass is 10.0. The lowest BCUT2D eigenvalue weighted by molar-refractivity contribution is 0.0977. The Kier molecular flexibility index (Phi) is 1.19. The van der Waals surface area contributed by atoms with Crippen molar-refractivity contribution >= 4 is 0 Å². The molecule has 0 amide bonds. The van der Waals surface area contributed by atoms with Crippen LogP contribution in [0, 0.1) is 5.92 Å². The van der Waals surface area contributed by atoms with Gasteiger partial charge in [0.15, 0.2) is 11.5 Å². The summed E-state index contributed by atoms with van der Waals surface area (Å²) in [6, 6.07) is 0. The molecule has 1 atom stereocenters. The van der Waals surface area contributed by atoms with Crippen molar-refractivity contribution in [2.24, 2.45) is 5.92 Å². The SMILES string of the molecule is CC1C=C2OCOC2=CC1. The molecule has 0 aromatic rings. The van der Waals surface area contributed by atoms with Crippen LogP contribution in [0.15, 0.2) is 23.7 Å². The molecule has 0 spiro atoms. The molecule has 0 radical (unpaired) electrons. The monoisotopic (exact) mass is 138 g/mol. The first-order valence-corrected chi connectivity index (χ1v) is 3.54. The van der Waals surface area contributed by atoms with Gasteiger partial charge in [0.05, 0.1) is 0 Å². The van der Waals surface area contributed by atoms with Crippen molar-refractivity contribution in [3.05, 3.63) is 23.7 Å². The summed E-state index contributed by atoms with van der Waals surface area (Å²) < 4.78 is 10.4. The fourth-order valence-corrected chi connectivity index (χ4v) is 1.21. The van der Waals surface area contributed by atoms with E-state index >= 15 is 0 Å². The summed E-state index contributed by atoms with van der Waals surface area (Å²) in [7, 11) is 0. The summed E-state index contributed by atoms with van der Waals surface area (Å²) >= 11 is 0. The highest BCUT2D eigenvalue weighted by atomic mass is 16.7. The fraction of sp³-hybridized carbons (Fsp3) is 0.500. The highest BCUT2D eigenvalue weighted by Crippen LogP contribution is 2.28. The van der Waals surface area contributed by atoms with Crippen LogP contribution in [0.2, 0.25) is 0 Å². The maximum absolute atomic E-state index is 5.20. The summed E-state index contributed by atoms with van der Waals surface area (Å²) in [5, 5.41) is 0. The highest BCUT2D eigenvalue weighted by Gasteiger charge is 2.20. The van der Waals surface area contributed by atoms with Gasteiger partial charge in [0, 0.05) is 0 Å². The van der Waals surface area contributed by atoms with Gasteiger partial charge in [-0.15, -0.1) is 0 Å². The number of hydrogen-bond donors (Lipinski definition) is 0. The van der Waals surface area contributed by atoms with Crippen LogP contribution in [-0.4, -0.2) is 6.79 Å². The van der Waals surface area contributed by atoms with Crippen LogP contribution in [0.4, 0.5) is 0 Å². The molecule has 0 aromatic carbocycles. The van der Waals surface area contributed by atoms with Crippen LogP contribution in [0.25, 0.3) is 0 Å². The fourth-order valence-electron chi connectivity index (χ4n) is 1.21. The summed E-state index contributed by atoms with van der Waals surface area (Å²) in [6.07, 6.45) is 5.28. The summed E-state index contributed by atoms with van der Waals surface area (Å²) in [6.45, 7) is 2.56. The maximum atomic E-state index is 5.20. The number of ether oxygens (including phenoxy) is 2. The second kappa shape index (κ2) is 2.04. The predicted molar refractivity (Wildman–Crippen MR) is 37.0 cm³/mol. The van der Waals surface area contributed by atoms with Gasteiger partial charge in [0.2, 0.25) is 6.79 Å². The zero-order chi connectivity index (χ0) is 6.97. The standard InChI is InChI=1S/C8H10O2/c1-6-2-3-7-8(4-6)10-5-9-7/h3-4,6H,2,5H2,1H3. The van der Waals surface area contributed by atoms with Crippen LogP contribution in [-0.2, 0) is 9.47 Å². The molecule has 2 nitrogen and oxygen atoms in total. The minimum absolute atomic E-state index is 0.393. The first kappa shape index (κ1) is 5.83. The zero-order valence-corrected chi connectivity index (χ0v) is 5.96. The van der Waals surface area contributed by atoms with Gasteiger partial charge in [0.25, 0.3) is 0 Å². The maximum Gasteiger partial charge on any atom is 0.231 e. The van der Waals surface area contributed by atoms with Crippen LogP contribution < -0.4 is 0 Å². The molecule has 1 fully saturated rings. The Morgan fingerprint density at radius 2 is 2.20 bits per heavy atom. The van der Waals surface area contributed by atoms with Gasteiger partial charge in [-0.25, -0.2) is 0 Å². The topological polar surface area (TPSA) is 18.5 Å². The number of rotatable bonds is 0. The Bertz CT molecular complexity index is 203. The van der Waals surface area contributed by atoms with E-state index in [1.54, 1.807) is 0 Å². The summed E-state index contributed by atoms with van der Waals surface area (Å²) in [4.78, 5) is 0.